The molecule has 1 aliphatic rings. The number of carbonyl (C=O) groups is 3. The smallest absolute Gasteiger partial charge is 0.417 e. The number of halogens is 2. The Kier molecular flexibility index (Phi) is 6.47. The standard InChI is InChI=1S/C23H22ClIN4O5/c1-23(2,3)34-22(33)27-7-8-28(17(30)12-27)14-6-4-5-13(9-14)15-10-26-20-18(19(15)24)16(25)11-29(20)21(31)32/h4-6,9-11H,7-8,12H2,1-3H3,(H,31,32). The van der Waals surface area contributed by atoms with Crippen LogP contribution in [0.4, 0.5) is 15.3 Å². The lowest BCUT2D eigenvalue weighted by Gasteiger charge is -2.35. The topological polar surface area (TPSA) is 105 Å². The molecular weight excluding hydrogens is 575 g/mol. The van der Waals surface area contributed by atoms with Crippen molar-refractivity contribution in [2.24, 2.45) is 0 Å². The summed E-state index contributed by atoms with van der Waals surface area (Å²) in [7, 11) is 0. The molecule has 2 amide bonds. The van der Waals surface area contributed by atoms with Crippen LogP contribution in [0.25, 0.3) is 22.2 Å². The Labute approximate surface area is 214 Å². The van der Waals surface area contributed by atoms with Gasteiger partial charge in [0.25, 0.3) is 0 Å². The van der Waals surface area contributed by atoms with Crippen molar-refractivity contribution >= 4 is 69.0 Å². The molecule has 0 bridgehead atoms. The van der Waals surface area contributed by atoms with Crippen LogP contribution >= 0.6 is 34.2 Å². The van der Waals surface area contributed by atoms with Crippen LogP contribution in [0.3, 0.4) is 0 Å². The number of benzene rings is 1. The van der Waals surface area contributed by atoms with Gasteiger partial charge in [0.2, 0.25) is 5.91 Å². The molecule has 1 N–H and O–H groups in total. The van der Waals surface area contributed by atoms with Crippen LogP contribution in [0.1, 0.15) is 20.8 Å². The second-order valence-electron chi connectivity index (χ2n) is 8.81. The van der Waals surface area contributed by atoms with Crippen LogP contribution in [0.15, 0.2) is 36.7 Å². The predicted octanol–water partition coefficient (Wildman–Crippen LogP) is 5.07. The highest BCUT2D eigenvalue weighted by atomic mass is 127. The van der Waals surface area contributed by atoms with Crippen LogP contribution in [-0.4, -0.2) is 62.9 Å². The Balaban J connectivity index is 1.61. The van der Waals surface area contributed by atoms with E-state index in [-0.39, 0.29) is 18.1 Å². The van der Waals surface area contributed by atoms with Gasteiger partial charge in [0, 0.05) is 40.3 Å². The molecule has 1 saturated heterocycles. The van der Waals surface area contributed by atoms with Gasteiger partial charge in [-0.15, -0.1) is 0 Å². The summed E-state index contributed by atoms with van der Waals surface area (Å²) in [6.07, 6.45) is 1.34. The predicted molar refractivity (Wildman–Crippen MR) is 136 cm³/mol. The molecule has 34 heavy (non-hydrogen) atoms. The minimum atomic E-state index is -1.14. The molecule has 0 unspecified atom stereocenters. The molecule has 9 nitrogen and oxygen atoms in total. The third-order valence-corrected chi connectivity index (χ3v) is 6.46. The first-order valence-corrected chi connectivity index (χ1v) is 11.9. The zero-order chi connectivity index (χ0) is 24.8. The Morgan fingerprint density at radius 3 is 2.62 bits per heavy atom. The second-order valence-corrected chi connectivity index (χ2v) is 10.4. The first-order valence-electron chi connectivity index (χ1n) is 10.4. The van der Waals surface area contributed by atoms with Gasteiger partial charge in [0.05, 0.1) is 10.4 Å². The molecule has 3 aromatic rings. The van der Waals surface area contributed by atoms with Crippen LogP contribution in [0.5, 0.6) is 0 Å². The van der Waals surface area contributed by atoms with Gasteiger partial charge in [0.15, 0.2) is 5.65 Å². The van der Waals surface area contributed by atoms with Gasteiger partial charge in [-0.1, -0.05) is 23.7 Å². The third kappa shape index (κ3) is 4.69. The number of hydrogen-bond donors (Lipinski definition) is 1. The first-order chi connectivity index (χ1) is 16.0. The SMILES string of the molecule is CC(C)(C)OC(=O)N1CCN(c2cccc(-c3cnc4c(c(I)cn4C(=O)O)c3Cl)c2)C(=O)C1. The molecule has 0 radical (unpaired) electrons. The van der Waals surface area contributed by atoms with E-state index in [1.54, 1.807) is 25.7 Å². The Hall–Kier alpha value is -2.86. The van der Waals surface area contributed by atoms with Gasteiger partial charge in [0.1, 0.15) is 12.1 Å². The molecule has 3 heterocycles. The van der Waals surface area contributed by atoms with E-state index < -0.39 is 17.8 Å². The number of piperazine rings is 1. The fourth-order valence-electron chi connectivity index (χ4n) is 3.73. The molecule has 2 aromatic heterocycles. The normalized spacial score (nSPS) is 14.6. The van der Waals surface area contributed by atoms with Gasteiger partial charge < -0.3 is 14.7 Å². The number of rotatable bonds is 2. The zero-order valence-electron chi connectivity index (χ0n) is 18.7. The van der Waals surface area contributed by atoms with Crippen molar-refractivity contribution in [2.75, 3.05) is 24.5 Å². The second kappa shape index (κ2) is 9.06. The summed E-state index contributed by atoms with van der Waals surface area (Å²) in [5.74, 6) is -0.220. The average molecular weight is 597 g/mol. The van der Waals surface area contributed by atoms with E-state index in [9.17, 15) is 19.5 Å². The Morgan fingerprint density at radius 2 is 1.97 bits per heavy atom. The number of fused-ring (bicyclic) bond motifs is 1. The summed E-state index contributed by atoms with van der Waals surface area (Å²) in [6.45, 7) is 5.94. The first kappa shape index (κ1) is 24.3. The van der Waals surface area contributed by atoms with Gasteiger partial charge >= 0.3 is 12.2 Å². The third-order valence-electron chi connectivity index (χ3n) is 5.25. The van der Waals surface area contributed by atoms with Crippen molar-refractivity contribution in [1.29, 1.82) is 0 Å². The monoisotopic (exact) mass is 596 g/mol. The maximum atomic E-state index is 12.9. The minimum absolute atomic E-state index is 0.0751. The largest absolute Gasteiger partial charge is 0.464 e. The van der Waals surface area contributed by atoms with E-state index >= 15 is 0 Å². The van der Waals surface area contributed by atoms with Crippen LogP contribution in [-0.2, 0) is 9.53 Å². The molecule has 11 heteroatoms. The fourth-order valence-corrected chi connectivity index (χ4v) is 5.02. The number of nitrogens with zero attached hydrogens (tertiary/aromatic N) is 4. The lowest BCUT2D eigenvalue weighted by atomic mass is 10.1. The molecule has 0 aliphatic carbocycles. The van der Waals surface area contributed by atoms with Crippen LogP contribution in [0.2, 0.25) is 5.02 Å². The summed E-state index contributed by atoms with van der Waals surface area (Å²) in [5.41, 5.74) is 1.65. The fraction of sp³-hybridized carbons (Fsp3) is 0.304. The van der Waals surface area contributed by atoms with Crippen molar-refractivity contribution in [3.8, 4) is 11.1 Å². The minimum Gasteiger partial charge on any atom is -0.464 e. The molecule has 1 aliphatic heterocycles. The Morgan fingerprint density at radius 1 is 1.24 bits per heavy atom. The number of hydrogen-bond acceptors (Lipinski definition) is 5. The van der Waals surface area contributed by atoms with E-state index in [2.05, 4.69) is 4.98 Å². The molecule has 4 rings (SSSR count). The van der Waals surface area contributed by atoms with Crippen LogP contribution < -0.4 is 4.90 Å². The van der Waals surface area contributed by atoms with E-state index in [1.165, 1.54) is 17.3 Å². The van der Waals surface area contributed by atoms with E-state index in [1.807, 2.05) is 46.9 Å². The molecule has 0 saturated carbocycles. The van der Waals surface area contributed by atoms with Crippen molar-refractivity contribution in [2.45, 2.75) is 26.4 Å². The highest BCUT2D eigenvalue weighted by molar-refractivity contribution is 14.1. The van der Waals surface area contributed by atoms with Crippen molar-refractivity contribution in [1.82, 2.24) is 14.5 Å². The molecular formula is C23H22ClIN4O5. The van der Waals surface area contributed by atoms with Crippen molar-refractivity contribution in [3.63, 3.8) is 0 Å². The zero-order valence-corrected chi connectivity index (χ0v) is 21.6. The van der Waals surface area contributed by atoms with Gasteiger partial charge in [-0.05, 0) is 61.1 Å². The maximum absolute atomic E-state index is 12.9. The van der Waals surface area contributed by atoms with Crippen LogP contribution in [0, 0.1) is 3.57 Å². The number of anilines is 1. The van der Waals surface area contributed by atoms with Crippen molar-refractivity contribution in [3.05, 3.63) is 45.3 Å². The number of carboxylic acid groups (broad SMARTS) is 1. The maximum Gasteiger partial charge on any atom is 0.417 e. The Bertz CT molecular complexity index is 1320. The quantitative estimate of drug-likeness (QED) is 0.414. The molecule has 1 fully saturated rings. The molecule has 0 spiro atoms. The van der Waals surface area contributed by atoms with Gasteiger partial charge in [-0.3, -0.25) is 9.69 Å². The molecule has 1 aromatic carbocycles. The van der Waals surface area contributed by atoms with E-state index in [4.69, 9.17) is 16.3 Å². The average Bonchev–Trinajstić information content (AvgIpc) is 3.10. The molecule has 178 valence electrons. The summed E-state index contributed by atoms with van der Waals surface area (Å²) in [6, 6.07) is 7.30. The summed E-state index contributed by atoms with van der Waals surface area (Å²) in [4.78, 5) is 44.0. The number of ether oxygens (including phenoxy) is 1. The lowest BCUT2D eigenvalue weighted by molar-refractivity contribution is -0.121. The summed E-state index contributed by atoms with van der Waals surface area (Å²) in [5, 5.41) is 10.3. The highest BCUT2D eigenvalue weighted by Gasteiger charge is 2.31. The van der Waals surface area contributed by atoms with Crippen molar-refractivity contribution < 1.29 is 24.2 Å². The van der Waals surface area contributed by atoms with E-state index in [0.29, 0.717) is 38.3 Å². The summed E-state index contributed by atoms with van der Waals surface area (Å²) < 4.78 is 7.07. The van der Waals surface area contributed by atoms with E-state index in [0.717, 1.165) is 10.1 Å². The molecule has 0 atom stereocenters. The number of amides is 2. The van der Waals surface area contributed by atoms with Gasteiger partial charge in [-0.25, -0.2) is 19.1 Å². The highest BCUT2D eigenvalue weighted by Crippen LogP contribution is 2.37. The summed E-state index contributed by atoms with van der Waals surface area (Å²) >= 11 is 8.71. The number of aromatic nitrogens is 2. The number of pyridine rings is 1. The number of carbonyl (C=O) groups excluding carboxylic acids is 2. The lowest BCUT2D eigenvalue weighted by Crippen LogP contribution is -2.53. The van der Waals surface area contributed by atoms with Gasteiger partial charge in [-0.2, -0.15) is 0 Å².